The normalized spacial score (nSPS) is 10.6. The van der Waals surface area contributed by atoms with Crippen molar-refractivity contribution in [1.29, 1.82) is 0 Å². The third-order valence-corrected chi connectivity index (χ3v) is 2.34. The molecule has 0 aliphatic carbocycles. The smallest absolute Gasteiger partial charge is 0.167 e. The fraction of sp³-hybridized carbons (Fsp3) is 0.300. The monoisotopic (exact) mass is 259 g/mol. The van der Waals surface area contributed by atoms with Gasteiger partial charge in [-0.15, -0.1) is 0 Å². The Labute approximate surface area is 90.4 Å². The van der Waals surface area contributed by atoms with Gasteiger partial charge in [-0.2, -0.15) is 0 Å². The predicted octanol–water partition coefficient (Wildman–Crippen LogP) is 3.01. The molecule has 0 aliphatic heterocycles. The van der Waals surface area contributed by atoms with Crippen LogP contribution >= 0.6 is 15.9 Å². The first-order chi connectivity index (χ1) is 6.43. The lowest BCUT2D eigenvalue weighted by Gasteiger charge is -2.08. The van der Waals surface area contributed by atoms with Gasteiger partial charge in [-0.3, -0.25) is 4.79 Å². The molecule has 0 heterocycles. The number of ketones is 1. The van der Waals surface area contributed by atoms with Crippen LogP contribution in [0.2, 0.25) is 0 Å². The van der Waals surface area contributed by atoms with E-state index < -0.39 is 5.82 Å². The van der Waals surface area contributed by atoms with Gasteiger partial charge < -0.3 is 5.73 Å². The fourth-order valence-electron chi connectivity index (χ4n) is 1.10. The van der Waals surface area contributed by atoms with Gasteiger partial charge in [-0.05, 0) is 12.1 Å². The summed E-state index contributed by atoms with van der Waals surface area (Å²) in [7, 11) is 0. The molecule has 2 nitrogen and oxygen atoms in total. The van der Waals surface area contributed by atoms with Gasteiger partial charge in [-0.25, -0.2) is 4.39 Å². The predicted molar refractivity (Wildman–Crippen MR) is 57.7 cm³/mol. The van der Waals surface area contributed by atoms with Crippen LogP contribution in [0.3, 0.4) is 0 Å². The zero-order valence-corrected chi connectivity index (χ0v) is 9.56. The van der Waals surface area contributed by atoms with E-state index in [9.17, 15) is 9.18 Å². The Morgan fingerprint density at radius 2 is 2.07 bits per heavy atom. The molecule has 1 aromatic rings. The molecule has 2 N–H and O–H groups in total. The summed E-state index contributed by atoms with van der Waals surface area (Å²) in [4.78, 5) is 11.6. The van der Waals surface area contributed by atoms with E-state index in [4.69, 9.17) is 5.73 Å². The van der Waals surface area contributed by atoms with Crippen LogP contribution in [0.1, 0.15) is 24.2 Å². The SMILES string of the molecule is CC(C)C(=O)c1cc(Br)cc(F)c1N. The first-order valence-corrected chi connectivity index (χ1v) is 5.01. The van der Waals surface area contributed by atoms with Crippen molar-refractivity contribution in [3.8, 4) is 0 Å². The topological polar surface area (TPSA) is 43.1 Å². The minimum absolute atomic E-state index is 0.0769. The van der Waals surface area contributed by atoms with Crippen LogP contribution in [0.15, 0.2) is 16.6 Å². The van der Waals surface area contributed by atoms with E-state index in [0.29, 0.717) is 4.47 Å². The quantitative estimate of drug-likeness (QED) is 0.656. The zero-order chi connectivity index (χ0) is 10.9. The van der Waals surface area contributed by atoms with Gasteiger partial charge in [0.2, 0.25) is 0 Å². The molecule has 0 aliphatic rings. The lowest BCUT2D eigenvalue weighted by atomic mass is 9.99. The third-order valence-electron chi connectivity index (χ3n) is 1.88. The number of anilines is 1. The van der Waals surface area contributed by atoms with Gasteiger partial charge in [0, 0.05) is 16.0 Å². The number of halogens is 2. The highest BCUT2D eigenvalue weighted by Gasteiger charge is 2.16. The minimum Gasteiger partial charge on any atom is -0.396 e. The maximum atomic E-state index is 13.2. The number of hydrogen-bond donors (Lipinski definition) is 1. The van der Waals surface area contributed by atoms with Crippen LogP contribution in [0.4, 0.5) is 10.1 Å². The van der Waals surface area contributed by atoms with Crippen LogP contribution < -0.4 is 5.73 Å². The zero-order valence-electron chi connectivity index (χ0n) is 7.97. The summed E-state index contributed by atoms with van der Waals surface area (Å²) < 4.78 is 13.7. The molecule has 14 heavy (non-hydrogen) atoms. The highest BCUT2D eigenvalue weighted by molar-refractivity contribution is 9.10. The first kappa shape index (κ1) is 11.2. The number of Topliss-reactive ketones (excluding diaryl/α,β-unsaturated/α-hetero) is 1. The fourth-order valence-corrected chi connectivity index (χ4v) is 1.53. The number of rotatable bonds is 2. The molecule has 1 aromatic carbocycles. The van der Waals surface area contributed by atoms with Crippen LogP contribution in [-0.4, -0.2) is 5.78 Å². The maximum Gasteiger partial charge on any atom is 0.167 e. The number of hydrogen-bond acceptors (Lipinski definition) is 2. The van der Waals surface area contributed by atoms with Crippen LogP contribution in [0, 0.1) is 11.7 Å². The maximum absolute atomic E-state index is 13.2. The summed E-state index contributed by atoms with van der Waals surface area (Å²) in [5.41, 5.74) is 5.64. The minimum atomic E-state index is -0.566. The van der Waals surface area contributed by atoms with Crippen molar-refractivity contribution in [3.05, 3.63) is 28.0 Å². The Balaban J connectivity index is 3.27. The largest absolute Gasteiger partial charge is 0.396 e. The Kier molecular flexibility index (Phi) is 3.26. The molecule has 1 rings (SSSR count). The van der Waals surface area contributed by atoms with Gasteiger partial charge in [-0.1, -0.05) is 29.8 Å². The highest BCUT2D eigenvalue weighted by Crippen LogP contribution is 2.24. The van der Waals surface area contributed by atoms with Crippen LogP contribution in [0.5, 0.6) is 0 Å². The molecule has 0 bridgehead atoms. The van der Waals surface area contributed by atoms with E-state index in [0.717, 1.165) is 0 Å². The molecule has 76 valence electrons. The second-order valence-corrected chi connectivity index (χ2v) is 4.28. The standard InChI is InChI=1S/C10H11BrFNO/c1-5(2)10(14)7-3-6(11)4-8(12)9(7)13/h3-5H,13H2,1-2H3. The van der Waals surface area contributed by atoms with Crippen molar-refractivity contribution in [2.75, 3.05) is 5.73 Å². The molecule has 0 radical (unpaired) electrons. The first-order valence-electron chi connectivity index (χ1n) is 4.22. The number of carbonyl (C=O) groups is 1. The third kappa shape index (κ3) is 2.12. The van der Waals surface area contributed by atoms with Gasteiger partial charge in [0.1, 0.15) is 5.82 Å². The van der Waals surface area contributed by atoms with E-state index in [2.05, 4.69) is 15.9 Å². The van der Waals surface area contributed by atoms with E-state index in [1.54, 1.807) is 19.9 Å². The molecule has 0 saturated heterocycles. The van der Waals surface area contributed by atoms with Crippen LogP contribution in [-0.2, 0) is 0 Å². The Bertz CT molecular complexity index is 377. The molecule has 0 spiro atoms. The van der Waals surface area contributed by atoms with E-state index in [1.807, 2.05) is 0 Å². The summed E-state index contributed by atoms with van der Waals surface area (Å²) in [5, 5.41) is 0. The number of benzene rings is 1. The summed E-state index contributed by atoms with van der Waals surface area (Å²) in [6.45, 7) is 3.50. The van der Waals surface area contributed by atoms with Gasteiger partial charge >= 0.3 is 0 Å². The van der Waals surface area contributed by atoms with E-state index >= 15 is 0 Å². The van der Waals surface area contributed by atoms with Crippen LogP contribution in [0.25, 0.3) is 0 Å². The van der Waals surface area contributed by atoms with Crippen molar-refractivity contribution < 1.29 is 9.18 Å². The van der Waals surface area contributed by atoms with Gasteiger partial charge in [0.15, 0.2) is 5.78 Å². The second-order valence-electron chi connectivity index (χ2n) is 3.37. The van der Waals surface area contributed by atoms with Gasteiger partial charge in [0.25, 0.3) is 0 Å². The second kappa shape index (κ2) is 4.09. The van der Waals surface area contributed by atoms with E-state index in [-0.39, 0.29) is 23.0 Å². The Hall–Kier alpha value is -0.900. The van der Waals surface area contributed by atoms with Crippen molar-refractivity contribution >= 4 is 27.4 Å². The number of nitrogens with two attached hydrogens (primary N) is 1. The summed E-state index contributed by atoms with van der Waals surface area (Å²) in [6.07, 6.45) is 0. The molecule has 0 aromatic heterocycles. The average Bonchev–Trinajstić information content (AvgIpc) is 2.09. The number of carbonyl (C=O) groups excluding carboxylic acids is 1. The average molecular weight is 260 g/mol. The Morgan fingerprint density at radius 1 is 1.50 bits per heavy atom. The molecule has 0 amide bonds. The molecular formula is C10H11BrFNO. The van der Waals surface area contributed by atoms with Crippen molar-refractivity contribution in [2.45, 2.75) is 13.8 Å². The number of nitrogen functional groups attached to an aromatic ring is 1. The molecule has 0 atom stereocenters. The lowest BCUT2D eigenvalue weighted by molar-refractivity contribution is 0.0940. The van der Waals surface area contributed by atoms with Crippen molar-refractivity contribution in [1.82, 2.24) is 0 Å². The Morgan fingerprint density at radius 3 is 2.57 bits per heavy atom. The summed E-state index contributed by atoms with van der Waals surface area (Å²) in [5.74, 6) is -0.905. The summed E-state index contributed by atoms with van der Waals surface area (Å²) >= 11 is 3.12. The van der Waals surface area contributed by atoms with E-state index in [1.165, 1.54) is 6.07 Å². The molecule has 0 saturated carbocycles. The molecule has 4 heteroatoms. The highest BCUT2D eigenvalue weighted by atomic mass is 79.9. The van der Waals surface area contributed by atoms with Crippen molar-refractivity contribution in [2.24, 2.45) is 5.92 Å². The lowest BCUT2D eigenvalue weighted by Crippen LogP contribution is -2.11. The van der Waals surface area contributed by atoms with Gasteiger partial charge in [0.05, 0.1) is 5.69 Å². The van der Waals surface area contributed by atoms with Crippen molar-refractivity contribution in [3.63, 3.8) is 0 Å². The molecule has 0 unspecified atom stereocenters. The molecule has 0 fully saturated rings. The molecular weight excluding hydrogens is 249 g/mol. The summed E-state index contributed by atoms with van der Waals surface area (Å²) in [6, 6.07) is 2.78.